The number of rotatable bonds is 25. The third-order valence-corrected chi connectivity index (χ3v) is 6.96. The minimum absolute atomic E-state index is 0.132. The monoisotopic (exact) mass is 439 g/mol. The van der Waals surface area contributed by atoms with Crippen LogP contribution in [-0.4, -0.2) is 35.7 Å². The zero-order valence-corrected chi connectivity index (χ0v) is 22.3. The molecule has 0 aromatic carbocycles. The Morgan fingerprint density at radius 2 is 0.968 bits per heavy atom. The van der Waals surface area contributed by atoms with Gasteiger partial charge in [-0.3, -0.25) is 0 Å². The van der Waals surface area contributed by atoms with Gasteiger partial charge in [0, 0.05) is 13.1 Å². The topological polar surface area (TPSA) is 23.5 Å². The fourth-order valence-corrected chi connectivity index (χ4v) is 4.83. The molecule has 0 bridgehead atoms. The molecule has 2 heteroatoms. The standard InChI is InChI=1S/C29H61NO/c1-5-9-11-13-15-17-19-21-23-28(8-4)26-30(25-7-3)27-29(31)24-22-20-18-16-14-12-10-6-2/h28-29,31H,5-27H2,1-4H3. The average molecular weight is 440 g/mol. The zero-order chi connectivity index (χ0) is 23.0. The van der Waals surface area contributed by atoms with Crippen molar-refractivity contribution in [2.24, 2.45) is 5.92 Å². The summed E-state index contributed by atoms with van der Waals surface area (Å²) in [5.74, 6) is 0.807. The Labute approximate surface area is 198 Å². The summed E-state index contributed by atoms with van der Waals surface area (Å²) in [6.07, 6.45) is 26.8. The summed E-state index contributed by atoms with van der Waals surface area (Å²) in [6.45, 7) is 12.4. The molecule has 1 N–H and O–H groups in total. The van der Waals surface area contributed by atoms with E-state index in [1.807, 2.05) is 0 Å². The lowest BCUT2D eigenvalue weighted by molar-refractivity contribution is 0.0919. The maximum Gasteiger partial charge on any atom is 0.0667 e. The highest BCUT2D eigenvalue weighted by Crippen LogP contribution is 2.18. The molecule has 0 radical (unpaired) electrons. The molecule has 0 rings (SSSR count). The van der Waals surface area contributed by atoms with E-state index in [2.05, 4.69) is 32.6 Å². The number of hydrogen-bond acceptors (Lipinski definition) is 2. The Kier molecular flexibility index (Phi) is 24.5. The van der Waals surface area contributed by atoms with Crippen LogP contribution in [0.5, 0.6) is 0 Å². The van der Waals surface area contributed by atoms with E-state index in [9.17, 15) is 5.11 Å². The van der Waals surface area contributed by atoms with Crippen molar-refractivity contribution < 1.29 is 5.11 Å². The van der Waals surface area contributed by atoms with E-state index in [1.54, 1.807) is 0 Å². The summed E-state index contributed by atoms with van der Waals surface area (Å²) in [4.78, 5) is 2.56. The Morgan fingerprint density at radius 1 is 0.516 bits per heavy atom. The van der Waals surface area contributed by atoms with Gasteiger partial charge in [0.25, 0.3) is 0 Å². The summed E-state index contributed by atoms with van der Waals surface area (Å²) in [5, 5.41) is 10.6. The van der Waals surface area contributed by atoms with Gasteiger partial charge in [0.05, 0.1) is 6.10 Å². The van der Waals surface area contributed by atoms with Crippen LogP contribution in [0.1, 0.15) is 156 Å². The summed E-state index contributed by atoms with van der Waals surface area (Å²) in [7, 11) is 0. The van der Waals surface area contributed by atoms with Gasteiger partial charge in [0.2, 0.25) is 0 Å². The first-order valence-corrected chi connectivity index (χ1v) is 14.6. The minimum Gasteiger partial charge on any atom is -0.392 e. The molecule has 2 nitrogen and oxygen atoms in total. The molecule has 0 spiro atoms. The van der Waals surface area contributed by atoms with Crippen LogP contribution < -0.4 is 0 Å². The van der Waals surface area contributed by atoms with Gasteiger partial charge in [0.15, 0.2) is 0 Å². The second kappa shape index (κ2) is 24.6. The van der Waals surface area contributed by atoms with Gasteiger partial charge in [-0.05, 0) is 31.7 Å². The Balaban J connectivity index is 3.92. The van der Waals surface area contributed by atoms with Gasteiger partial charge in [-0.25, -0.2) is 0 Å². The van der Waals surface area contributed by atoms with E-state index in [0.717, 1.165) is 25.4 Å². The van der Waals surface area contributed by atoms with Crippen molar-refractivity contribution in [2.75, 3.05) is 19.6 Å². The number of hydrogen-bond donors (Lipinski definition) is 1. The first-order chi connectivity index (χ1) is 15.2. The predicted octanol–water partition coefficient (Wildman–Crippen LogP) is 9.15. The molecule has 0 saturated heterocycles. The predicted molar refractivity (Wildman–Crippen MR) is 141 cm³/mol. The summed E-state index contributed by atoms with van der Waals surface area (Å²) in [5.41, 5.74) is 0. The van der Waals surface area contributed by atoms with Gasteiger partial charge < -0.3 is 10.0 Å². The van der Waals surface area contributed by atoms with Crippen molar-refractivity contribution in [1.82, 2.24) is 4.90 Å². The highest BCUT2D eigenvalue weighted by atomic mass is 16.3. The summed E-state index contributed by atoms with van der Waals surface area (Å²) in [6, 6.07) is 0. The van der Waals surface area contributed by atoms with Crippen molar-refractivity contribution in [2.45, 2.75) is 162 Å². The van der Waals surface area contributed by atoms with Crippen molar-refractivity contribution >= 4 is 0 Å². The molecule has 188 valence electrons. The molecule has 0 aliphatic rings. The molecule has 0 fully saturated rings. The lowest BCUT2D eigenvalue weighted by Gasteiger charge is -2.29. The molecule has 0 aliphatic heterocycles. The van der Waals surface area contributed by atoms with Gasteiger partial charge >= 0.3 is 0 Å². The smallest absolute Gasteiger partial charge is 0.0667 e. The van der Waals surface area contributed by atoms with Crippen LogP contribution in [0.25, 0.3) is 0 Å². The van der Waals surface area contributed by atoms with E-state index < -0.39 is 0 Å². The molecule has 31 heavy (non-hydrogen) atoms. The number of unbranched alkanes of at least 4 members (excludes halogenated alkanes) is 14. The number of nitrogens with zero attached hydrogens (tertiary/aromatic N) is 1. The van der Waals surface area contributed by atoms with Crippen molar-refractivity contribution in [3.8, 4) is 0 Å². The Morgan fingerprint density at radius 3 is 1.42 bits per heavy atom. The Bertz CT molecular complexity index is 333. The average Bonchev–Trinajstić information content (AvgIpc) is 2.76. The van der Waals surface area contributed by atoms with Crippen LogP contribution in [-0.2, 0) is 0 Å². The van der Waals surface area contributed by atoms with Crippen molar-refractivity contribution in [3.05, 3.63) is 0 Å². The van der Waals surface area contributed by atoms with Crippen LogP contribution in [0.3, 0.4) is 0 Å². The summed E-state index contributed by atoms with van der Waals surface area (Å²) >= 11 is 0. The van der Waals surface area contributed by atoms with Gasteiger partial charge in [0.1, 0.15) is 0 Å². The van der Waals surface area contributed by atoms with E-state index in [-0.39, 0.29) is 6.10 Å². The van der Waals surface area contributed by atoms with Crippen LogP contribution in [0.2, 0.25) is 0 Å². The maximum atomic E-state index is 10.6. The molecule has 2 unspecified atom stereocenters. The molecule has 0 aliphatic carbocycles. The molecule has 0 aromatic rings. The molecule has 0 saturated carbocycles. The lowest BCUT2D eigenvalue weighted by atomic mass is 9.96. The van der Waals surface area contributed by atoms with Crippen LogP contribution in [0.4, 0.5) is 0 Å². The first-order valence-electron chi connectivity index (χ1n) is 14.6. The van der Waals surface area contributed by atoms with Crippen molar-refractivity contribution in [1.29, 1.82) is 0 Å². The quantitative estimate of drug-likeness (QED) is 0.143. The molecule has 0 amide bonds. The first kappa shape index (κ1) is 30.9. The van der Waals surface area contributed by atoms with Crippen LogP contribution in [0, 0.1) is 5.92 Å². The van der Waals surface area contributed by atoms with Crippen LogP contribution >= 0.6 is 0 Å². The third kappa shape index (κ3) is 21.5. The SMILES string of the molecule is CCCCCCCCCCC(O)CN(CCC)CC(CC)CCCCCCCCCC. The van der Waals surface area contributed by atoms with Crippen LogP contribution in [0.15, 0.2) is 0 Å². The summed E-state index contributed by atoms with van der Waals surface area (Å²) < 4.78 is 0. The van der Waals surface area contributed by atoms with Gasteiger partial charge in [-0.1, -0.05) is 137 Å². The lowest BCUT2D eigenvalue weighted by Crippen LogP contribution is -2.36. The molecule has 0 aromatic heterocycles. The van der Waals surface area contributed by atoms with E-state index >= 15 is 0 Å². The molecule has 2 atom stereocenters. The minimum atomic E-state index is -0.132. The third-order valence-electron chi connectivity index (χ3n) is 6.96. The Hall–Kier alpha value is -0.0800. The highest BCUT2D eigenvalue weighted by molar-refractivity contribution is 4.70. The van der Waals surface area contributed by atoms with Gasteiger partial charge in [-0.15, -0.1) is 0 Å². The second-order valence-corrected chi connectivity index (χ2v) is 10.2. The largest absolute Gasteiger partial charge is 0.392 e. The highest BCUT2D eigenvalue weighted by Gasteiger charge is 2.15. The maximum absolute atomic E-state index is 10.6. The molecular weight excluding hydrogens is 378 g/mol. The molecular formula is C29H61NO. The fourth-order valence-electron chi connectivity index (χ4n) is 4.83. The fraction of sp³-hybridized carbons (Fsp3) is 1.00. The van der Waals surface area contributed by atoms with Crippen molar-refractivity contribution in [3.63, 3.8) is 0 Å². The molecule has 0 heterocycles. The van der Waals surface area contributed by atoms with E-state index in [1.165, 1.54) is 129 Å². The normalized spacial score (nSPS) is 13.7. The van der Waals surface area contributed by atoms with E-state index in [0.29, 0.717) is 0 Å². The van der Waals surface area contributed by atoms with Gasteiger partial charge in [-0.2, -0.15) is 0 Å². The second-order valence-electron chi connectivity index (χ2n) is 10.2. The number of aliphatic hydroxyl groups excluding tert-OH is 1. The zero-order valence-electron chi connectivity index (χ0n) is 22.3. The number of aliphatic hydroxyl groups is 1. The van der Waals surface area contributed by atoms with E-state index in [4.69, 9.17) is 0 Å².